The lowest BCUT2D eigenvalue weighted by Gasteiger charge is -2.35. The Morgan fingerprint density at radius 3 is 2.29 bits per heavy atom. The van der Waals surface area contributed by atoms with Crippen molar-refractivity contribution >= 4 is 5.91 Å². The Balaban J connectivity index is 1.58. The van der Waals surface area contributed by atoms with Crippen LogP contribution in [0.5, 0.6) is 11.5 Å². The molecule has 1 aromatic carbocycles. The molecule has 0 saturated carbocycles. The maximum Gasteiger partial charge on any atom is 0.227 e. The summed E-state index contributed by atoms with van der Waals surface area (Å²) < 4.78 is 16.0. The largest absolute Gasteiger partial charge is 0.493 e. The van der Waals surface area contributed by atoms with Crippen LogP contribution in [0.15, 0.2) is 16.7 Å². The van der Waals surface area contributed by atoms with Crippen LogP contribution in [0, 0.1) is 20.8 Å². The van der Waals surface area contributed by atoms with Gasteiger partial charge in [-0.1, -0.05) is 5.16 Å². The van der Waals surface area contributed by atoms with Crippen LogP contribution in [0.4, 0.5) is 0 Å². The number of hydrogen-bond donors (Lipinski definition) is 0. The van der Waals surface area contributed by atoms with Crippen molar-refractivity contribution in [3.05, 3.63) is 40.3 Å². The predicted molar refractivity (Wildman–Crippen MR) is 106 cm³/mol. The fourth-order valence-corrected chi connectivity index (χ4v) is 3.61. The first-order valence-corrected chi connectivity index (χ1v) is 9.56. The zero-order chi connectivity index (χ0) is 20.3. The molecule has 3 rings (SSSR count). The molecule has 1 aliphatic heterocycles. The summed E-state index contributed by atoms with van der Waals surface area (Å²) >= 11 is 0. The van der Waals surface area contributed by atoms with Crippen LogP contribution in [-0.2, 0) is 17.8 Å². The summed E-state index contributed by atoms with van der Waals surface area (Å²) in [7, 11) is 3.30. The van der Waals surface area contributed by atoms with Crippen molar-refractivity contribution < 1.29 is 18.8 Å². The quantitative estimate of drug-likeness (QED) is 0.759. The molecule has 0 atom stereocenters. The number of piperazine rings is 1. The molecular weight excluding hydrogens is 358 g/mol. The van der Waals surface area contributed by atoms with Gasteiger partial charge in [0.1, 0.15) is 5.76 Å². The van der Waals surface area contributed by atoms with E-state index >= 15 is 0 Å². The normalized spacial score (nSPS) is 15.0. The van der Waals surface area contributed by atoms with Crippen LogP contribution < -0.4 is 9.47 Å². The average molecular weight is 387 g/mol. The van der Waals surface area contributed by atoms with Gasteiger partial charge in [0.05, 0.1) is 26.3 Å². The highest BCUT2D eigenvalue weighted by atomic mass is 16.5. The molecule has 0 bridgehead atoms. The lowest BCUT2D eigenvalue weighted by atomic mass is 10.1. The summed E-state index contributed by atoms with van der Waals surface area (Å²) in [5, 5.41) is 3.93. The van der Waals surface area contributed by atoms with Crippen LogP contribution in [0.2, 0.25) is 0 Å². The number of carbonyl (C=O) groups is 1. The van der Waals surface area contributed by atoms with E-state index in [1.54, 1.807) is 14.2 Å². The molecule has 2 aromatic rings. The minimum absolute atomic E-state index is 0.136. The highest BCUT2D eigenvalue weighted by molar-refractivity contribution is 5.79. The topological polar surface area (TPSA) is 68.0 Å². The molecule has 28 heavy (non-hydrogen) atoms. The molecule has 7 heteroatoms. The van der Waals surface area contributed by atoms with Gasteiger partial charge < -0.3 is 18.9 Å². The molecule has 1 fully saturated rings. The van der Waals surface area contributed by atoms with Crippen molar-refractivity contribution in [2.45, 2.75) is 33.7 Å². The van der Waals surface area contributed by atoms with Gasteiger partial charge in [0.2, 0.25) is 5.91 Å². The highest BCUT2D eigenvalue weighted by Gasteiger charge is 2.24. The summed E-state index contributed by atoms with van der Waals surface area (Å²) in [6, 6.07) is 4.06. The summed E-state index contributed by atoms with van der Waals surface area (Å²) in [6.45, 7) is 9.80. The first kappa shape index (κ1) is 20.2. The van der Waals surface area contributed by atoms with Gasteiger partial charge in [-0.05, 0) is 44.0 Å². The van der Waals surface area contributed by atoms with Crippen molar-refractivity contribution in [3.63, 3.8) is 0 Å². The number of amides is 1. The number of nitrogens with zero attached hydrogens (tertiary/aromatic N) is 3. The van der Waals surface area contributed by atoms with Crippen LogP contribution in [-0.4, -0.2) is 61.3 Å². The molecule has 1 aromatic heterocycles. The molecule has 2 heterocycles. The van der Waals surface area contributed by atoms with Crippen molar-refractivity contribution in [1.82, 2.24) is 15.0 Å². The monoisotopic (exact) mass is 387 g/mol. The van der Waals surface area contributed by atoms with E-state index in [-0.39, 0.29) is 5.91 Å². The summed E-state index contributed by atoms with van der Waals surface area (Å²) in [4.78, 5) is 17.0. The number of hydrogen-bond acceptors (Lipinski definition) is 6. The standard InChI is InChI=1S/C21H29N3O4/c1-14-10-19(26-4)20(27-5)11-17(14)13-23-6-8-24(9-7-23)21(25)12-18-15(2)22-28-16(18)3/h10-11H,6-9,12-13H2,1-5H3. The number of methoxy groups -OCH3 is 2. The first-order chi connectivity index (χ1) is 13.4. The maximum atomic E-state index is 12.7. The number of carbonyl (C=O) groups excluding carboxylic acids is 1. The van der Waals surface area contributed by atoms with Crippen molar-refractivity contribution in [1.29, 1.82) is 0 Å². The molecule has 0 aliphatic carbocycles. The third-order valence-corrected chi connectivity index (χ3v) is 5.47. The van der Waals surface area contributed by atoms with Gasteiger partial charge in [-0.15, -0.1) is 0 Å². The molecule has 0 radical (unpaired) electrons. The second-order valence-electron chi connectivity index (χ2n) is 7.27. The Labute approximate surface area is 166 Å². The minimum atomic E-state index is 0.136. The lowest BCUT2D eigenvalue weighted by molar-refractivity contribution is -0.132. The van der Waals surface area contributed by atoms with Gasteiger partial charge in [-0.25, -0.2) is 0 Å². The molecule has 7 nitrogen and oxygen atoms in total. The highest BCUT2D eigenvalue weighted by Crippen LogP contribution is 2.31. The van der Waals surface area contributed by atoms with E-state index < -0.39 is 0 Å². The summed E-state index contributed by atoms with van der Waals surface area (Å²) in [5.74, 6) is 2.36. The number of ether oxygens (including phenoxy) is 2. The van der Waals surface area contributed by atoms with E-state index in [4.69, 9.17) is 14.0 Å². The van der Waals surface area contributed by atoms with Crippen LogP contribution in [0.1, 0.15) is 28.1 Å². The Morgan fingerprint density at radius 2 is 1.71 bits per heavy atom. The zero-order valence-electron chi connectivity index (χ0n) is 17.4. The Kier molecular flexibility index (Phi) is 6.24. The minimum Gasteiger partial charge on any atom is -0.493 e. The molecule has 152 valence electrons. The van der Waals surface area contributed by atoms with Gasteiger partial charge in [0, 0.05) is 38.3 Å². The molecule has 0 N–H and O–H groups in total. The summed E-state index contributed by atoms with van der Waals surface area (Å²) in [6.07, 6.45) is 0.357. The maximum absolute atomic E-state index is 12.7. The predicted octanol–water partition coefficient (Wildman–Crippen LogP) is 2.50. The van der Waals surface area contributed by atoms with Crippen LogP contribution in [0.3, 0.4) is 0 Å². The number of rotatable bonds is 6. The molecule has 1 amide bonds. The van der Waals surface area contributed by atoms with E-state index in [1.165, 1.54) is 11.1 Å². The SMILES string of the molecule is COc1cc(C)c(CN2CCN(C(=O)Cc3c(C)noc3C)CC2)cc1OC. The fourth-order valence-electron chi connectivity index (χ4n) is 3.61. The van der Waals surface area contributed by atoms with E-state index in [2.05, 4.69) is 17.0 Å². The number of benzene rings is 1. The smallest absolute Gasteiger partial charge is 0.227 e. The van der Waals surface area contributed by atoms with E-state index in [9.17, 15) is 4.79 Å². The van der Waals surface area contributed by atoms with Gasteiger partial charge in [-0.2, -0.15) is 0 Å². The van der Waals surface area contributed by atoms with E-state index in [0.29, 0.717) is 6.42 Å². The van der Waals surface area contributed by atoms with Gasteiger partial charge in [-0.3, -0.25) is 9.69 Å². The summed E-state index contributed by atoms with van der Waals surface area (Å²) in [5.41, 5.74) is 4.10. The molecule has 0 unspecified atom stereocenters. The van der Waals surface area contributed by atoms with E-state index in [1.807, 2.05) is 30.9 Å². The second-order valence-corrected chi connectivity index (χ2v) is 7.27. The van der Waals surface area contributed by atoms with Crippen LogP contribution in [0.25, 0.3) is 0 Å². The Bertz CT molecular complexity index is 819. The van der Waals surface area contributed by atoms with Crippen LogP contribution >= 0.6 is 0 Å². The second kappa shape index (κ2) is 8.65. The van der Waals surface area contributed by atoms with Gasteiger partial charge >= 0.3 is 0 Å². The third kappa shape index (κ3) is 4.30. The molecule has 1 aliphatic rings. The Morgan fingerprint density at radius 1 is 1.07 bits per heavy atom. The van der Waals surface area contributed by atoms with Crippen molar-refractivity contribution in [2.75, 3.05) is 40.4 Å². The van der Waals surface area contributed by atoms with Gasteiger partial charge in [0.15, 0.2) is 11.5 Å². The lowest BCUT2D eigenvalue weighted by Crippen LogP contribution is -2.48. The molecule has 0 spiro atoms. The van der Waals surface area contributed by atoms with E-state index in [0.717, 1.165) is 61.2 Å². The average Bonchev–Trinajstić information content (AvgIpc) is 3.01. The molecular formula is C21H29N3O4. The number of aromatic nitrogens is 1. The van der Waals surface area contributed by atoms with Crippen molar-refractivity contribution in [2.24, 2.45) is 0 Å². The zero-order valence-corrected chi connectivity index (χ0v) is 17.4. The third-order valence-electron chi connectivity index (χ3n) is 5.47. The fraction of sp³-hybridized carbons (Fsp3) is 0.524. The first-order valence-electron chi connectivity index (χ1n) is 9.56. The molecule has 1 saturated heterocycles. The Hall–Kier alpha value is -2.54. The number of aryl methyl sites for hydroxylation is 3. The van der Waals surface area contributed by atoms with Gasteiger partial charge in [0.25, 0.3) is 0 Å². The van der Waals surface area contributed by atoms with Crippen molar-refractivity contribution in [3.8, 4) is 11.5 Å².